The minimum Gasteiger partial charge on any atom is -0.480 e. The van der Waals surface area contributed by atoms with Crippen molar-refractivity contribution in [3.63, 3.8) is 0 Å². The van der Waals surface area contributed by atoms with Crippen LogP contribution in [0.15, 0.2) is 0 Å². The molecule has 4 heteroatoms. The Balaban J connectivity index is 4.48. The van der Waals surface area contributed by atoms with E-state index >= 15 is 0 Å². The second-order valence-corrected chi connectivity index (χ2v) is 2.92. The molecule has 0 rings (SSSR count). The van der Waals surface area contributed by atoms with Crippen molar-refractivity contribution < 1.29 is 14.6 Å². The summed E-state index contributed by atoms with van der Waals surface area (Å²) in [6.07, 6.45) is -0.352. The van der Waals surface area contributed by atoms with Crippen molar-refractivity contribution >= 4 is 5.97 Å². The molecular formula is C8H17NO3. The van der Waals surface area contributed by atoms with Crippen molar-refractivity contribution in [1.82, 2.24) is 5.32 Å². The summed E-state index contributed by atoms with van der Waals surface area (Å²) in [4.78, 5) is 10.9. The molecule has 0 amide bonds. The van der Waals surface area contributed by atoms with Crippen molar-refractivity contribution in [1.29, 1.82) is 0 Å². The Morgan fingerprint density at radius 2 is 2.25 bits per heavy atom. The average Bonchev–Trinajstić information content (AvgIpc) is 2.03. The molecule has 2 unspecified atom stereocenters. The monoisotopic (exact) mass is 175 g/mol. The Hall–Kier alpha value is -0.610. The molecule has 0 aromatic heterocycles. The van der Waals surface area contributed by atoms with E-state index in [9.17, 15) is 4.79 Å². The molecular weight excluding hydrogens is 158 g/mol. The first-order valence-electron chi connectivity index (χ1n) is 4.00. The summed E-state index contributed by atoms with van der Waals surface area (Å²) in [5, 5.41) is 11.8. The lowest BCUT2D eigenvalue weighted by Gasteiger charge is -2.30. The highest BCUT2D eigenvalue weighted by Gasteiger charge is 2.38. The lowest BCUT2D eigenvalue weighted by Crippen LogP contribution is -2.57. The Labute approximate surface area is 72.9 Å². The SMILES string of the molecule is CCNC(C)(C(=O)O)C(C)OC. The number of aliphatic carboxylic acids is 1. The van der Waals surface area contributed by atoms with Crippen LogP contribution < -0.4 is 5.32 Å². The van der Waals surface area contributed by atoms with Gasteiger partial charge < -0.3 is 15.2 Å². The van der Waals surface area contributed by atoms with E-state index in [0.29, 0.717) is 6.54 Å². The Morgan fingerprint density at radius 1 is 1.75 bits per heavy atom. The van der Waals surface area contributed by atoms with E-state index in [4.69, 9.17) is 9.84 Å². The summed E-state index contributed by atoms with van der Waals surface area (Å²) in [7, 11) is 1.50. The van der Waals surface area contributed by atoms with Gasteiger partial charge in [0, 0.05) is 7.11 Å². The second kappa shape index (κ2) is 4.42. The topological polar surface area (TPSA) is 58.6 Å². The van der Waals surface area contributed by atoms with E-state index in [1.807, 2.05) is 6.92 Å². The van der Waals surface area contributed by atoms with Crippen molar-refractivity contribution in [3.05, 3.63) is 0 Å². The van der Waals surface area contributed by atoms with Gasteiger partial charge in [0.15, 0.2) is 0 Å². The van der Waals surface area contributed by atoms with Gasteiger partial charge in [0.1, 0.15) is 5.54 Å². The third-order valence-corrected chi connectivity index (χ3v) is 2.15. The molecule has 0 aliphatic carbocycles. The summed E-state index contributed by atoms with van der Waals surface area (Å²) in [5.74, 6) is -0.890. The maximum atomic E-state index is 10.9. The molecule has 0 fully saturated rings. The second-order valence-electron chi connectivity index (χ2n) is 2.92. The van der Waals surface area contributed by atoms with Gasteiger partial charge in [-0.05, 0) is 20.4 Å². The zero-order valence-corrected chi connectivity index (χ0v) is 8.05. The fourth-order valence-electron chi connectivity index (χ4n) is 0.996. The Morgan fingerprint density at radius 3 is 2.50 bits per heavy atom. The highest BCUT2D eigenvalue weighted by molar-refractivity contribution is 5.79. The largest absolute Gasteiger partial charge is 0.480 e. The van der Waals surface area contributed by atoms with Gasteiger partial charge in [-0.3, -0.25) is 4.79 Å². The molecule has 2 atom stereocenters. The van der Waals surface area contributed by atoms with E-state index in [2.05, 4.69) is 5.32 Å². The van der Waals surface area contributed by atoms with Crippen molar-refractivity contribution in [2.75, 3.05) is 13.7 Å². The molecule has 0 spiro atoms. The highest BCUT2D eigenvalue weighted by atomic mass is 16.5. The van der Waals surface area contributed by atoms with Crippen LogP contribution in [0.25, 0.3) is 0 Å². The number of hydrogen-bond donors (Lipinski definition) is 2. The summed E-state index contributed by atoms with van der Waals surface area (Å²) in [6, 6.07) is 0. The maximum Gasteiger partial charge on any atom is 0.326 e. The standard InChI is InChI=1S/C8H17NO3/c1-5-9-8(3,7(10)11)6(2)12-4/h6,9H,5H2,1-4H3,(H,10,11). The third kappa shape index (κ3) is 2.19. The van der Waals surface area contributed by atoms with Gasteiger partial charge in [-0.1, -0.05) is 6.92 Å². The Bertz CT molecular complexity index is 160. The van der Waals surface area contributed by atoms with Crippen LogP contribution in [0.3, 0.4) is 0 Å². The smallest absolute Gasteiger partial charge is 0.326 e. The van der Waals surface area contributed by atoms with Crippen LogP contribution in [-0.4, -0.2) is 36.4 Å². The van der Waals surface area contributed by atoms with Crippen molar-refractivity contribution in [2.45, 2.75) is 32.4 Å². The lowest BCUT2D eigenvalue weighted by molar-refractivity contribution is -0.149. The average molecular weight is 175 g/mol. The number of nitrogens with one attached hydrogen (secondary N) is 1. The van der Waals surface area contributed by atoms with Crippen molar-refractivity contribution in [3.8, 4) is 0 Å². The molecule has 0 radical (unpaired) electrons. The summed E-state index contributed by atoms with van der Waals surface area (Å²) in [6.45, 7) is 5.82. The van der Waals surface area contributed by atoms with Gasteiger partial charge >= 0.3 is 5.97 Å². The highest BCUT2D eigenvalue weighted by Crippen LogP contribution is 2.12. The fourth-order valence-corrected chi connectivity index (χ4v) is 0.996. The van der Waals surface area contributed by atoms with Crippen LogP contribution in [0.2, 0.25) is 0 Å². The maximum absolute atomic E-state index is 10.9. The molecule has 12 heavy (non-hydrogen) atoms. The van der Waals surface area contributed by atoms with Crippen LogP contribution in [-0.2, 0) is 9.53 Å². The van der Waals surface area contributed by atoms with Crippen LogP contribution in [0.5, 0.6) is 0 Å². The predicted molar refractivity (Wildman–Crippen MR) is 46.2 cm³/mol. The zero-order valence-electron chi connectivity index (χ0n) is 8.05. The van der Waals surface area contributed by atoms with Gasteiger partial charge in [0.2, 0.25) is 0 Å². The first-order chi connectivity index (χ1) is 5.49. The molecule has 4 nitrogen and oxygen atoms in total. The van der Waals surface area contributed by atoms with E-state index < -0.39 is 11.5 Å². The quantitative estimate of drug-likeness (QED) is 0.638. The lowest BCUT2D eigenvalue weighted by atomic mass is 9.96. The minimum atomic E-state index is -0.997. The molecule has 0 heterocycles. The molecule has 0 aliphatic rings. The van der Waals surface area contributed by atoms with Gasteiger partial charge in [0.25, 0.3) is 0 Å². The van der Waals surface area contributed by atoms with Gasteiger partial charge in [-0.25, -0.2) is 0 Å². The summed E-state index contributed by atoms with van der Waals surface area (Å²) < 4.78 is 4.99. The molecule has 2 N–H and O–H groups in total. The third-order valence-electron chi connectivity index (χ3n) is 2.15. The van der Waals surface area contributed by atoms with Crippen LogP contribution in [0.1, 0.15) is 20.8 Å². The Kier molecular flexibility index (Phi) is 4.20. The molecule has 0 bridgehead atoms. The predicted octanol–water partition coefficient (Wildman–Crippen LogP) is 0.474. The number of rotatable bonds is 5. The minimum absolute atomic E-state index is 0.352. The molecule has 0 aromatic rings. The van der Waals surface area contributed by atoms with Gasteiger partial charge in [-0.2, -0.15) is 0 Å². The number of likely N-dealkylation sites (N-methyl/N-ethyl adjacent to an activating group) is 1. The van der Waals surface area contributed by atoms with Crippen LogP contribution >= 0.6 is 0 Å². The number of carbonyl (C=O) groups is 1. The van der Waals surface area contributed by atoms with Crippen LogP contribution in [0.4, 0.5) is 0 Å². The number of carboxylic acid groups (broad SMARTS) is 1. The van der Waals surface area contributed by atoms with E-state index in [1.54, 1.807) is 13.8 Å². The number of carboxylic acids is 1. The summed E-state index contributed by atoms with van der Waals surface area (Å²) >= 11 is 0. The zero-order chi connectivity index (χ0) is 9.78. The van der Waals surface area contributed by atoms with Gasteiger partial charge in [-0.15, -0.1) is 0 Å². The fraction of sp³-hybridized carbons (Fsp3) is 0.875. The number of hydrogen-bond acceptors (Lipinski definition) is 3. The molecule has 0 aliphatic heterocycles. The van der Waals surface area contributed by atoms with E-state index in [1.165, 1.54) is 7.11 Å². The van der Waals surface area contributed by atoms with Crippen LogP contribution in [0, 0.1) is 0 Å². The first-order valence-corrected chi connectivity index (χ1v) is 4.00. The van der Waals surface area contributed by atoms with E-state index in [-0.39, 0.29) is 6.10 Å². The van der Waals surface area contributed by atoms with Gasteiger partial charge in [0.05, 0.1) is 6.10 Å². The van der Waals surface area contributed by atoms with E-state index in [0.717, 1.165) is 0 Å². The number of methoxy groups -OCH3 is 1. The molecule has 0 aromatic carbocycles. The first kappa shape index (κ1) is 11.4. The van der Waals surface area contributed by atoms with Crippen molar-refractivity contribution in [2.24, 2.45) is 0 Å². The number of ether oxygens (including phenoxy) is 1. The normalized spacial score (nSPS) is 18.3. The summed E-state index contributed by atoms with van der Waals surface area (Å²) in [5.41, 5.74) is -0.997. The molecule has 0 saturated heterocycles. The molecule has 0 saturated carbocycles. The molecule has 72 valence electrons.